The number of carbonyl (C=O) groups excluding carboxylic acids is 6. The van der Waals surface area contributed by atoms with Crippen LogP contribution in [0.4, 0.5) is 0 Å². The predicted molar refractivity (Wildman–Crippen MR) is 288 cm³/mol. The Kier molecular flexibility index (Phi) is 24.5. The molecule has 0 aromatic rings. The minimum Gasteiger partial charge on any atom is -0.391 e. The number of amides is 6. The zero-order chi connectivity index (χ0) is 54.1. The van der Waals surface area contributed by atoms with E-state index in [2.05, 4.69) is 44.1 Å². The van der Waals surface area contributed by atoms with Crippen molar-refractivity contribution in [3.8, 4) is 0 Å². The van der Waals surface area contributed by atoms with Gasteiger partial charge >= 0.3 is 0 Å². The van der Waals surface area contributed by atoms with Gasteiger partial charge in [-0.15, -0.1) is 23.5 Å². The number of thioether (sulfide) groups is 2. The Bertz CT molecular complexity index is 1990. The molecular weight excluding hydrogens is 1030 g/mol. The highest BCUT2D eigenvalue weighted by molar-refractivity contribution is 8.00. The number of sulfonamides is 1. The van der Waals surface area contributed by atoms with Crippen LogP contribution in [-0.4, -0.2) is 195 Å². The van der Waals surface area contributed by atoms with Gasteiger partial charge in [0.15, 0.2) is 0 Å². The molecule has 0 spiro atoms. The van der Waals surface area contributed by atoms with Crippen molar-refractivity contribution in [3.63, 3.8) is 0 Å². The molecule has 0 aromatic carbocycles. The van der Waals surface area contributed by atoms with Crippen LogP contribution in [0.1, 0.15) is 118 Å². The predicted octanol–water partition coefficient (Wildman–Crippen LogP) is 1.24. The molecule has 6 amide bonds. The minimum atomic E-state index is -3.43. The molecule has 6 rings (SSSR count). The number of carbonyl (C=O) groups is 6. The molecule has 4 saturated heterocycles. The van der Waals surface area contributed by atoms with Crippen LogP contribution in [0.3, 0.4) is 0 Å². The maximum absolute atomic E-state index is 14.0. The lowest BCUT2D eigenvalue weighted by molar-refractivity contribution is -0.144. The van der Waals surface area contributed by atoms with E-state index in [-0.39, 0.29) is 114 Å². The van der Waals surface area contributed by atoms with E-state index in [1.165, 1.54) is 41.3 Å². The Labute approximate surface area is 453 Å². The van der Waals surface area contributed by atoms with E-state index in [1.54, 1.807) is 11.8 Å². The van der Waals surface area contributed by atoms with Crippen LogP contribution in [0, 0.1) is 29.1 Å². The SMILES string of the molecule is CC1NCSC1C1CCC(CNC(=O)[C@@H]2C[C@@H](O)CN2C(=O)[C@@H](NC(=O)COCCOCCNC(=O)CCCOCC[C@H](NC(=O)C2CCN(S(C)(=O)=O)C2)C(=O)NC2NC(C3CCCCC3)CS2)C(C)(C)C)CC1. The molecule has 24 heteroatoms. The fourth-order valence-corrected chi connectivity index (χ4v) is 14.9. The van der Waals surface area contributed by atoms with Crippen LogP contribution in [0.15, 0.2) is 0 Å². The number of nitrogens with one attached hydrogen (secondary N) is 7. The largest absolute Gasteiger partial charge is 0.391 e. The lowest BCUT2D eigenvalue weighted by Crippen LogP contribution is -2.58. The number of nitrogens with zero attached hydrogens (tertiary/aromatic N) is 2. The highest BCUT2D eigenvalue weighted by Crippen LogP contribution is 2.39. The lowest BCUT2D eigenvalue weighted by atomic mass is 9.79. The molecule has 2 saturated carbocycles. The standard InChI is InChI=1S/C51H89N9O12S3/c1-33-44(74-32-54-33)36-15-13-34(14-16-36)27-53-48(66)41-26-38(61)29-60(41)49(67)45(51(2,3)4)57-43(63)30-72-25-24-71-23-19-52-42(62)12-9-21-70-22-18-39(55-46(64)37-17-20-59(28-37)75(5,68)69)47(65)58-50-56-40(31-73-50)35-10-7-6-8-11-35/h33-41,44-45,50,54,56,61H,6-32H2,1-5H3,(H,52,62)(H,53,66)(H,55,64)(H,57,63)(H,58,65)/t33?,34?,36?,37?,38-,39+,40?,41+,44?,45-,50?/m1/s1. The Morgan fingerprint density at radius 2 is 1.55 bits per heavy atom. The topological polar surface area (TPSA) is 275 Å². The third-order valence-corrected chi connectivity index (χ3v) is 19.6. The average molecular weight is 1120 g/mol. The molecule has 0 aromatic heterocycles. The van der Waals surface area contributed by atoms with E-state index < -0.39 is 57.4 Å². The molecule has 4 heterocycles. The molecule has 6 fully saturated rings. The van der Waals surface area contributed by atoms with Crippen molar-refractivity contribution in [1.29, 1.82) is 0 Å². The first-order valence-corrected chi connectivity index (χ1v) is 31.6. The first kappa shape index (κ1) is 61.4. The molecule has 75 heavy (non-hydrogen) atoms. The van der Waals surface area contributed by atoms with Crippen molar-refractivity contribution in [2.75, 3.05) is 90.3 Å². The third kappa shape index (κ3) is 19.5. The van der Waals surface area contributed by atoms with E-state index in [4.69, 9.17) is 14.2 Å². The van der Waals surface area contributed by atoms with Crippen LogP contribution in [-0.2, 0) is 53.0 Å². The van der Waals surface area contributed by atoms with E-state index >= 15 is 0 Å². The van der Waals surface area contributed by atoms with Gasteiger partial charge in [-0.2, -0.15) is 0 Å². The summed E-state index contributed by atoms with van der Waals surface area (Å²) in [6, 6.07) is -1.84. The molecule has 21 nitrogen and oxygen atoms in total. The summed E-state index contributed by atoms with van der Waals surface area (Å²) in [5.74, 6) is 0.882. The number of hydrogen-bond donors (Lipinski definition) is 8. The monoisotopic (exact) mass is 1120 g/mol. The minimum absolute atomic E-state index is 0.00329. The molecule has 6 aliphatic rings. The number of aliphatic hydroxyl groups excluding tert-OH is 1. The van der Waals surface area contributed by atoms with Gasteiger partial charge in [-0.3, -0.25) is 34.1 Å². The fraction of sp³-hybridized carbons (Fsp3) is 0.882. The van der Waals surface area contributed by atoms with Gasteiger partial charge in [-0.1, -0.05) is 40.0 Å². The Morgan fingerprint density at radius 1 is 0.813 bits per heavy atom. The van der Waals surface area contributed by atoms with Crippen molar-refractivity contribution in [2.24, 2.45) is 29.1 Å². The number of hydrogen-bond acceptors (Lipinski definition) is 16. The second-order valence-electron chi connectivity index (χ2n) is 22.6. The average Bonchev–Trinajstić information content (AvgIpc) is 4.22. The first-order valence-electron chi connectivity index (χ1n) is 27.6. The normalized spacial score (nSPS) is 28.7. The van der Waals surface area contributed by atoms with Crippen LogP contribution in [0.25, 0.3) is 0 Å². The summed E-state index contributed by atoms with van der Waals surface area (Å²) in [7, 11) is -3.43. The summed E-state index contributed by atoms with van der Waals surface area (Å²) >= 11 is 3.66. The number of likely N-dealkylation sites (tertiary alicyclic amines) is 1. The van der Waals surface area contributed by atoms with Crippen molar-refractivity contribution in [3.05, 3.63) is 0 Å². The molecule has 9 atom stereocenters. The van der Waals surface area contributed by atoms with Crippen LogP contribution < -0.4 is 37.2 Å². The zero-order valence-electron chi connectivity index (χ0n) is 45.1. The molecule has 2 aliphatic carbocycles. The van der Waals surface area contributed by atoms with E-state index in [0.29, 0.717) is 54.5 Å². The summed E-state index contributed by atoms with van der Waals surface area (Å²) < 4.78 is 42.3. The number of β-amino-alcohol motifs (C(OH)–C–C–N with tert-alkyl or cyclic N) is 1. The van der Waals surface area contributed by atoms with Gasteiger partial charge in [0, 0.05) is 87.7 Å². The van der Waals surface area contributed by atoms with Crippen molar-refractivity contribution in [1.82, 2.24) is 46.4 Å². The molecule has 4 aliphatic heterocycles. The van der Waals surface area contributed by atoms with Crippen LogP contribution in [0.5, 0.6) is 0 Å². The highest BCUT2D eigenvalue weighted by Gasteiger charge is 2.45. The number of ether oxygens (including phenoxy) is 3. The highest BCUT2D eigenvalue weighted by atomic mass is 32.2. The summed E-state index contributed by atoms with van der Waals surface area (Å²) in [6.45, 7) is 9.44. The Morgan fingerprint density at radius 3 is 2.24 bits per heavy atom. The maximum Gasteiger partial charge on any atom is 0.246 e. The van der Waals surface area contributed by atoms with E-state index in [9.17, 15) is 42.3 Å². The van der Waals surface area contributed by atoms with Gasteiger partial charge in [0.05, 0.1) is 38.1 Å². The van der Waals surface area contributed by atoms with E-state index in [0.717, 1.165) is 43.6 Å². The zero-order valence-corrected chi connectivity index (χ0v) is 47.5. The molecule has 0 radical (unpaired) electrons. The van der Waals surface area contributed by atoms with Gasteiger partial charge < -0.3 is 56.1 Å². The Hall–Kier alpha value is -2.81. The quantitative estimate of drug-likeness (QED) is 0.0538. The number of rotatable bonds is 27. The molecular formula is C51H89N9O12S3. The van der Waals surface area contributed by atoms with Gasteiger partial charge in [-0.05, 0) is 87.9 Å². The van der Waals surface area contributed by atoms with Crippen molar-refractivity contribution >= 4 is 69.0 Å². The maximum atomic E-state index is 14.0. The smallest absolute Gasteiger partial charge is 0.246 e. The summed E-state index contributed by atoms with van der Waals surface area (Å²) in [4.78, 5) is 81.3. The summed E-state index contributed by atoms with van der Waals surface area (Å²) in [5, 5.41) is 32.9. The van der Waals surface area contributed by atoms with Gasteiger partial charge in [-0.25, -0.2) is 12.7 Å². The van der Waals surface area contributed by atoms with E-state index in [1.807, 2.05) is 32.5 Å². The van der Waals surface area contributed by atoms with Crippen molar-refractivity contribution in [2.45, 2.75) is 165 Å². The second-order valence-corrected chi connectivity index (χ2v) is 26.9. The first-order chi connectivity index (χ1) is 35.8. The van der Waals surface area contributed by atoms with Gasteiger partial charge in [0.25, 0.3) is 0 Å². The molecule has 0 bridgehead atoms. The fourth-order valence-electron chi connectivity index (χ4n) is 11.3. The second kappa shape index (κ2) is 30.0. The summed E-state index contributed by atoms with van der Waals surface area (Å²) in [6.07, 6.45) is 12.1. The van der Waals surface area contributed by atoms with Gasteiger partial charge in [0.1, 0.15) is 30.2 Å². The summed E-state index contributed by atoms with van der Waals surface area (Å²) in [5.41, 5.74) is -0.981. The third-order valence-electron chi connectivity index (χ3n) is 15.7. The number of aliphatic hydroxyl groups is 1. The van der Waals surface area contributed by atoms with Crippen LogP contribution in [0.2, 0.25) is 0 Å². The van der Waals surface area contributed by atoms with Crippen molar-refractivity contribution < 1.29 is 56.5 Å². The van der Waals surface area contributed by atoms with Crippen LogP contribution >= 0.6 is 23.5 Å². The van der Waals surface area contributed by atoms with Gasteiger partial charge in [0.2, 0.25) is 45.5 Å². The molecule has 5 unspecified atom stereocenters. The molecule has 8 N–H and O–H groups in total. The lowest BCUT2D eigenvalue weighted by Gasteiger charge is -2.36. The molecule has 428 valence electrons. The Balaban J connectivity index is 0.815.